The maximum Gasteiger partial charge on any atom is 0.408 e. The number of ether oxygens (including phenoxy) is 1. The summed E-state index contributed by atoms with van der Waals surface area (Å²) in [6.45, 7) is 10.3. The van der Waals surface area contributed by atoms with Gasteiger partial charge in [-0.15, -0.1) is 0 Å². The molecular weight excluding hydrogens is 460 g/mol. The predicted molar refractivity (Wildman–Crippen MR) is 140 cm³/mol. The molecule has 2 aromatic rings. The van der Waals surface area contributed by atoms with Gasteiger partial charge in [0.2, 0.25) is 0 Å². The first-order chi connectivity index (χ1) is 16.8. The largest absolute Gasteiger partial charge is 0.492 e. The smallest absolute Gasteiger partial charge is 0.408 e. The fourth-order valence-corrected chi connectivity index (χ4v) is 6.79. The van der Waals surface area contributed by atoms with Gasteiger partial charge in [0.15, 0.2) is 0 Å². The number of hydrogen-bond donors (Lipinski definition) is 1. The number of carbonyl (C=O) groups is 1. The first kappa shape index (κ1) is 24.5. The topological polar surface area (TPSA) is 53.0 Å². The highest BCUT2D eigenvalue weighted by Crippen LogP contribution is 2.51. The SMILES string of the molecule is CCCCOc1ccc(-c2ccc3c(c2)CC(C)(C)[C@H]3N(C(=O)O)[C@@H]2CN3CCC2CC3)cc1Cl. The van der Waals surface area contributed by atoms with E-state index in [1.165, 1.54) is 5.56 Å². The van der Waals surface area contributed by atoms with Crippen LogP contribution in [0.4, 0.5) is 4.79 Å². The molecule has 3 aliphatic heterocycles. The maximum absolute atomic E-state index is 12.7. The molecule has 6 rings (SSSR count). The van der Waals surface area contributed by atoms with Crippen molar-refractivity contribution in [2.75, 3.05) is 26.2 Å². The maximum atomic E-state index is 12.7. The summed E-state index contributed by atoms with van der Waals surface area (Å²) >= 11 is 6.54. The van der Waals surface area contributed by atoms with Crippen molar-refractivity contribution in [1.82, 2.24) is 9.80 Å². The highest BCUT2D eigenvalue weighted by Gasteiger charge is 2.50. The molecule has 0 aromatic heterocycles. The van der Waals surface area contributed by atoms with Gasteiger partial charge in [-0.25, -0.2) is 4.79 Å². The van der Waals surface area contributed by atoms with E-state index in [1.807, 2.05) is 17.0 Å². The normalized spacial score (nSPS) is 26.4. The zero-order chi connectivity index (χ0) is 24.7. The first-order valence-corrected chi connectivity index (χ1v) is 13.5. The second-order valence-corrected chi connectivity index (χ2v) is 11.6. The van der Waals surface area contributed by atoms with Gasteiger partial charge < -0.3 is 14.7 Å². The number of rotatable bonds is 7. The zero-order valence-electron chi connectivity index (χ0n) is 21.1. The molecule has 2 atom stereocenters. The van der Waals surface area contributed by atoms with Gasteiger partial charge in [0.05, 0.1) is 23.7 Å². The van der Waals surface area contributed by atoms with Gasteiger partial charge in [-0.3, -0.25) is 4.90 Å². The molecule has 3 heterocycles. The van der Waals surface area contributed by atoms with Gasteiger partial charge in [-0.05, 0) is 84.5 Å². The lowest BCUT2D eigenvalue weighted by Crippen LogP contribution is -2.60. The molecule has 188 valence electrons. The standard InChI is InChI=1S/C29H37ClN2O3/c1-4-5-14-35-26-9-7-21(16-24(26)30)20-6-8-23-22(15-20)17-29(2,3)27(23)32(28(33)34)25-18-31-12-10-19(25)11-13-31/h6-9,15-16,19,25,27H,4-5,10-14,17-18H2,1-3H3,(H,33,34)/t25-,27+/m1/s1. The molecule has 0 radical (unpaired) electrons. The van der Waals surface area contributed by atoms with Crippen LogP contribution in [0.1, 0.15) is 63.6 Å². The Labute approximate surface area is 214 Å². The molecule has 5 nitrogen and oxygen atoms in total. The quantitative estimate of drug-likeness (QED) is 0.424. The number of hydrogen-bond acceptors (Lipinski definition) is 3. The number of halogens is 1. The summed E-state index contributed by atoms with van der Waals surface area (Å²) in [6.07, 6.45) is 4.37. The first-order valence-electron chi connectivity index (χ1n) is 13.1. The van der Waals surface area contributed by atoms with E-state index in [-0.39, 0.29) is 17.5 Å². The molecule has 1 N–H and O–H groups in total. The number of carboxylic acid groups (broad SMARTS) is 1. The van der Waals surface area contributed by atoms with Crippen LogP contribution >= 0.6 is 11.6 Å². The molecule has 35 heavy (non-hydrogen) atoms. The third-order valence-corrected chi connectivity index (χ3v) is 8.62. The van der Waals surface area contributed by atoms with Crippen LogP contribution in [0.15, 0.2) is 36.4 Å². The van der Waals surface area contributed by atoms with Gasteiger partial charge >= 0.3 is 6.09 Å². The zero-order valence-corrected chi connectivity index (χ0v) is 21.9. The van der Waals surface area contributed by atoms with E-state index in [2.05, 4.69) is 49.9 Å². The van der Waals surface area contributed by atoms with Crippen LogP contribution in [0.25, 0.3) is 11.1 Å². The molecule has 0 unspecified atom stereocenters. The van der Waals surface area contributed by atoms with Gasteiger partial charge in [0.25, 0.3) is 0 Å². The van der Waals surface area contributed by atoms with Crippen molar-refractivity contribution in [2.45, 2.75) is 65.0 Å². The highest BCUT2D eigenvalue weighted by molar-refractivity contribution is 6.32. The average molecular weight is 497 g/mol. The van der Waals surface area contributed by atoms with E-state index in [0.717, 1.165) is 74.2 Å². The summed E-state index contributed by atoms with van der Waals surface area (Å²) in [5.74, 6) is 1.19. The minimum atomic E-state index is -0.788. The van der Waals surface area contributed by atoms with E-state index in [4.69, 9.17) is 16.3 Å². The lowest BCUT2D eigenvalue weighted by Gasteiger charge is -2.51. The van der Waals surface area contributed by atoms with Gasteiger partial charge in [-0.1, -0.05) is 63.1 Å². The van der Waals surface area contributed by atoms with Crippen molar-refractivity contribution < 1.29 is 14.6 Å². The minimum absolute atomic E-state index is 0.0731. The Kier molecular flexibility index (Phi) is 6.75. The summed E-state index contributed by atoms with van der Waals surface area (Å²) < 4.78 is 5.81. The Bertz CT molecular complexity index is 1090. The van der Waals surface area contributed by atoms with Crippen LogP contribution in [0.5, 0.6) is 5.75 Å². The van der Waals surface area contributed by atoms with Crippen molar-refractivity contribution >= 4 is 17.7 Å². The summed E-state index contributed by atoms with van der Waals surface area (Å²) in [6, 6.07) is 12.4. The fraction of sp³-hybridized carbons (Fsp3) is 0.552. The van der Waals surface area contributed by atoms with E-state index in [9.17, 15) is 9.90 Å². The molecule has 0 saturated carbocycles. The van der Waals surface area contributed by atoms with Gasteiger partial charge in [0.1, 0.15) is 5.75 Å². The number of unbranched alkanes of at least 4 members (excludes halogenated alkanes) is 1. The van der Waals surface area contributed by atoms with Crippen LogP contribution in [0.2, 0.25) is 5.02 Å². The lowest BCUT2D eigenvalue weighted by molar-refractivity contribution is -0.0267. The Hall–Kier alpha value is -2.24. The lowest BCUT2D eigenvalue weighted by atomic mass is 9.79. The molecule has 3 fully saturated rings. The second-order valence-electron chi connectivity index (χ2n) is 11.2. The van der Waals surface area contributed by atoms with E-state index in [0.29, 0.717) is 17.5 Å². The summed E-state index contributed by atoms with van der Waals surface area (Å²) in [5.41, 5.74) is 4.38. The van der Waals surface area contributed by atoms with E-state index >= 15 is 0 Å². The second kappa shape index (κ2) is 9.67. The third kappa shape index (κ3) is 4.65. The van der Waals surface area contributed by atoms with E-state index < -0.39 is 6.09 Å². The van der Waals surface area contributed by atoms with E-state index in [1.54, 1.807) is 0 Å². The Morgan fingerprint density at radius 3 is 2.51 bits per heavy atom. The molecule has 3 saturated heterocycles. The van der Waals surface area contributed by atoms with Crippen molar-refractivity contribution in [3.8, 4) is 16.9 Å². The Morgan fingerprint density at radius 1 is 1.17 bits per heavy atom. The number of benzene rings is 2. The van der Waals surface area contributed by atoms with Crippen LogP contribution in [-0.2, 0) is 6.42 Å². The molecule has 0 spiro atoms. The van der Waals surface area contributed by atoms with Crippen molar-refractivity contribution in [1.29, 1.82) is 0 Å². The number of fused-ring (bicyclic) bond motifs is 4. The Morgan fingerprint density at radius 2 is 1.89 bits per heavy atom. The molecule has 1 amide bonds. The fourth-order valence-electron chi connectivity index (χ4n) is 6.56. The summed E-state index contributed by atoms with van der Waals surface area (Å²) in [4.78, 5) is 16.9. The molecule has 2 aromatic carbocycles. The van der Waals surface area contributed by atoms with Crippen LogP contribution in [-0.4, -0.2) is 53.3 Å². The average Bonchev–Trinajstić information content (AvgIpc) is 3.10. The predicted octanol–water partition coefficient (Wildman–Crippen LogP) is 6.88. The van der Waals surface area contributed by atoms with Gasteiger partial charge in [0, 0.05) is 6.54 Å². The molecule has 2 bridgehead atoms. The Balaban J connectivity index is 1.44. The third-order valence-electron chi connectivity index (χ3n) is 8.32. The number of amides is 1. The molecule has 1 aliphatic carbocycles. The molecular formula is C29H37ClN2O3. The van der Waals surface area contributed by atoms with Gasteiger partial charge in [-0.2, -0.15) is 0 Å². The number of piperidine rings is 3. The highest BCUT2D eigenvalue weighted by atomic mass is 35.5. The minimum Gasteiger partial charge on any atom is -0.492 e. The number of nitrogens with zero attached hydrogens (tertiary/aromatic N) is 2. The molecule has 6 heteroatoms. The molecule has 4 aliphatic rings. The van der Waals surface area contributed by atoms with Crippen LogP contribution in [0.3, 0.4) is 0 Å². The van der Waals surface area contributed by atoms with Crippen molar-refractivity contribution in [3.05, 3.63) is 52.5 Å². The van der Waals surface area contributed by atoms with Crippen molar-refractivity contribution in [3.63, 3.8) is 0 Å². The summed E-state index contributed by atoms with van der Waals surface area (Å²) in [7, 11) is 0. The monoisotopic (exact) mass is 496 g/mol. The summed E-state index contributed by atoms with van der Waals surface area (Å²) in [5, 5.41) is 11.0. The van der Waals surface area contributed by atoms with Crippen LogP contribution < -0.4 is 4.74 Å². The van der Waals surface area contributed by atoms with Crippen LogP contribution in [0, 0.1) is 11.3 Å². The van der Waals surface area contributed by atoms with Crippen molar-refractivity contribution in [2.24, 2.45) is 11.3 Å².